The van der Waals surface area contributed by atoms with Crippen LogP contribution in [0.15, 0.2) is 42.5 Å². The summed E-state index contributed by atoms with van der Waals surface area (Å²) < 4.78 is 40.8. The Bertz CT molecular complexity index is 1120. The molecule has 2 amide bonds. The molecule has 2 rings (SSSR count). The summed E-state index contributed by atoms with van der Waals surface area (Å²) in [5, 5.41) is 2.79. The summed E-state index contributed by atoms with van der Waals surface area (Å²) in [4.78, 5) is 27.5. The van der Waals surface area contributed by atoms with E-state index in [-0.39, 0.29) is 18.0 Å². The molecule has 2 aromatic rings. The fourth-order valence-electron chi connectivity index (χ4n) is 3.51. The summed E-state index contributed by atoms with van der Waals surface area (Å²) in [6.07, 6.45) is 2.71. The minimum atomic E-state index is -3.82. The number of sulfonamides is 1. The first-order valence-electron chi connectivity index (χ1n) is 11.3. The van der Waals surface area contributed by atoms with Crippen LogP contribution in [0.5, 0.6) is 0 Å². The first-order chi connectivity index (χ1) is 16.0. The van der Waals surface area contributed by atoms with Crippen LogP contribution in [-0.4, -0.2) is 50.5 Å². The molecule has 0 bridgehead atoms. The van der Waals surface area contributed by atoms with Gasteiger partial charge in [0.05, 0.1) is 11.9 Å². The van der Waals surface area contributed by atoms with Crippen molar-refractivity contribution in [3.8, 4) is 0 Å². The van der Waals surface area contributed by atoms with Crippen molar-refractivity contribution in [2.75, 3.05) is 23.7 Å². The first kappa shape index (κ1) is 27.3. The van der Waals surface area contributed by atoms with Crippen molar-refractivity contribution in [3.05, 3.63) is 65.0 Å². The van der Waals surface area contributed by atoms with Crippen LogP contribution in [0, 0.1) is 19.7 Å². The number of aryl methyl sites for hydroxylation is 2. The van der Waals surface area contributed by atoms with E-state index in [1.165, 1.54) is 23.1 Å². The summed E-state index contributed by atoms with van der Waals surface area (Å²) in [6, 6.07) is 10.4. The number of anilines is 1. The monoisotopic (exact) mass is 491 g/mol. The number of benzene rings is 2. The van der Waals surface area contributed by atoms with Gasteiger partial charge in [-0.3, -0.25) is 13.9 Å². The molecule has 0 heterocycles. The molecule has 0 aromatic heterocycles. The van der Waals surface area contributed by atoms with Gasteiger partial charge in [-0.1, -0.05) is 43.7 Å². The van der Waals surface area contributed by atoms with Gasteiger partial charge < -0.3 is 10.2 Å². The number of nitrogens with one attached hydrogen (secondary N) is 1. The molecule has 0 aliphatic heterocycles. The van der Waals surface area contributed by atoms with Crippen LogP contribution >= 0.6 is 0 Å². The Morgan fingerprint density at radius 3 is 2.41 bits per heavy atom. The predicted octanol–water partition coefficient (Wildman–Crippen LogP) is 3.54. The van der Waals surface area contributed by atoms with Crippen LogP contribution < -0.4 is 9.62 Å². The number of rotatable bonds is 11. The van der Waals surface area contributed by atoms with Gasteiger partial charge in [0.2, 0.25) is 21.8 Å². The van der Waals surface area contributed by atoms with Crippen LogP contribution in [0.2, 0.25) is 0 Å². The molecule has 2 aromatic carbocycles. The van der Waals surface area contributed by atoms with Crippen LogP contribution in [0.1, 0.15) is 43.4 Å². The Morgan fingerprint density at radius 1 is 1.12 bits per heavy atom. The van der Waals surface area contributed by atoms with Gasteiger partial charge in [0.25, 0.3) is 0 Å². The van der Waals surface area contributed by atoms with E-state index >= 15 is 0 Å². The van der Waals surface area contributed by atoms with E-state index in [1.807, 2.05) is 19.9 Å². The summed E-state index contributed by atoms with van der Waals surface area (Å²) in [5.41, 5.74) is 2.16. The zero-order valence-electron chi connectivity index (χ0n) is 20.5. The number of amides is 2. The van der Waals surface area contributed by atoms with Gasteiger partial charge in [-0.15, -0.1) is 0 Å². The second-order valence-corrected chi connectivity index (χ2v) is 10.4. The highest BCUT2D eigenvalue weighted by molar-refractivity contribution is 7.92. The molecule has 1 atom stereocenters. The lowest BCUT2D eigenvalue weighted by Gasteiger charge is -2.32. The van der Waals surface area contributed by atoms with Crippen molar-refractivity contribution < 1.29 is 22.4 Å². The van der Waals surface area contributed by atoms with Crippen molar-refractivity contribution in [1.29, 1.82) is 0 Å². The van der Waals surface area contributed by atoms with E-state index < -0.39 is 34.3 Å². The molecule has 0 saturated heterocycles. The van der Waals surface area contributed by atoms with Crippen LogP contribution in [0.4, 0.5) is 10.1 Å². The second kappa shape index (κ2) is 12.0. The van der Waals surface area contributed by atoms with Gasteiger partial charge in [-0.05, 0) is 50.5 Å². The van der Waals surface area contributed by atoms with E-state index in [4.69, 9.17) is 0 Å². The van der Waals surface area contributed by atoms with Crippen molar-refractivity contribution in [2.45, 2.75) is 53.1 Å². The number of halogens is 1. The Hall–Kier alpha value is -2.94. The predicted molar refractivity (Wildman–Crippen MR) is 132 cm³/mol. The van der Waals surface area contributed by atoms with E-state index in [1.54, 1.807) is 32.0 Å². The minimum Gasteiger partial charge on any atom is -0.354 e. The molecule has 0 saturated carbocycles. The number of hydrogen-bond acceptors (Lipinski definition) is 4. The van der Waals surface area contributed by atoms with E-state index in [9.17, 15) is 22.4 Å². The van der Waals surface area contributed by atoms with Crippen molar-refractivity contribution in [2.24, 2.45) is 0 Å². The quantitative estimate of drug-likeness (QED) is 0.487. The molecular weight excluding hydrogens is 457 g/mol. The molecule has 0 radical (unpaired) electrons. The molecule has 1 N–H and O–H groups in total. The Kier molecular flexibility index (Phi) is 9.61. The molecule has 0 spiro atoms. The van der Waals surface area contributed by atoms with E-state index in [0.717, 1.165) is 29.0 Å². The average Bonchev–Trinajstić information content (AvgIpc) is 2.77. The topological polar surface area (TPSA) is 86.8 Å². The SMILES string of the molecule is CCCCNC(=O)[C@@H](C)N(Cc1ccccc1F)C(=O)CN(c1cc(C)ccc1C)S(C)(=O)=O. The third-order valence-electron chi connectivity index (χ3n) is 5.61. The highest BCUT2D eigenvalue weighted by Gasteiger charge is 2.31. The molecule has 34 heavy (non-hydrogen) atoms. The van der Waals surface area contributed by atoms with Gasteiger partial charge in [0.1, 0.15) is 18.4 Å². The van der Waals surface area contributed by atoms with E-state index in [0.29, 0.717) is 17.8 Å². The number of hydrogen-bond donors (Lipinski definition) is 1. The molecule has 0 unspecified atom stereocenters. The third kappa shape index (κ3) is 7.28. The van der Waals surface area contributed by atoms with Crippen molar-refractivity contribution in [1.82, 2.24) is 10.2 Å². The average molecular weight is 492 g/mol. The lowest BCUT2D eigenvalue weighted by atomic mass is 10.1. The van der Waals surface area contributed by atoms with Crippen LogP contribution in [0.25, 0.3) is 0 Å². The molecule has 0 aliphatic rings. The number of carbonyl (C=O) groups is 2. The van der Waals surface area contributed by atoms with Crippen LogP contribution in [-0.2, 0) is 26.2 Å². The van der Waals surface area contributed by atoms with Crippen LogP contribution in [0.3, 0.4) is 0 Å². The maximum absolute atomic E-state index is 14.4. The van der Waals surface area contributed by atoms with Crippen molar-refractivity contribution >= 4 is 27.5 Å². The van der Waals surface area contributed by atoms with Gasteiger partial charge in [-0.25, -0.2) is 12.8 Å². The second-order valence-electron chi connectivity index (χ2n) is 8.49. The highest BCUT2D eigenvalue weighted by Crippen LogP contribution is 2.24. The fourth-order valence-corrected chi connectivity index (χ4v) is 4.41. The summed E-state index contributed by atoms with van der Waals surface area (Å²) in [7, 11) is -3.82. The molecule has 0 fully saturated rings. The highest BCUT2D eigenvalue weighted by atomic mass is 32.2. The van der Waals surface area contributed by atoms with Crippen molar-refractivity contribution in [3.63, 3.8) is 0 Å². The zero-order valence-corrected chi connectivity index (χ0v) is 21.3. The third-order valence-corrected chi connectivity index (χ3v) is 6.73. The number of carbonyl (C=O) groups excluding carboxylic acids is 2. The Labute approximate surface area is 202 Å². The van der Waals surface area contributed by atoms with Gasteiger partial charge >= 0.3 is 0 Å². The van der Waals surface area contributed by atoms with Gasteiger partial charge in [-0.2, -0.15) is 0 Å². The normalized spacial score (nSPS) is 12.2. The maximum Gasteiger partial charge on any atom is 0.244 e. The summed E-state index contributed by atoms with van der Waals surface area (Å²) in [5.74, 6) is -1.49. The number of nitrogens with zero attached hydrogens (tertiary/aromatic N) is 2. The van der Waals surface area contributed by atoms with E-state index in [2.05, 4.69) is 5.32 Å². The fraction of sp³-hybridized carbons (Fsp3) is 0.440. The zero-order chi connectivity index (χ0) is 25.5. The van der Waals surface area contributed by atoms with Gasteiger partial charge in [0.15, 0.2) is 0 Å². The largest absolute Gasteiger partial charge is 0.354 e. The molecular formula is C25H34FN3O4S. The number of unbranched alkanes of at least 4 members (excludes halogenated alkanes) is 1. The molecule has 0 aliphatic carbocycles. The lowest BCUT2D eigenvalue weighted by molar-refractivity contribution is -0.139. The van der Waals surface area contributed by atoms with Gasteiger partial charge in [0, 0.05) is 18.7 Å². The smallest absolute Gasteiger partial charge is 0.244 e. The summed E-state index contributed by atoms with van der Waals surface area (Å²) >= 11 is 0. The Morgan fingerprint density at radius 2 is 1.79 bits per heavy atom. The standard InChI is InChI=1S/C25H34FN3O4S/c1-6-7-14-27-25(31)20(4)28(16-21-10-8-9-11-22(21)26)24(30)17-29(34(5,32)33)23-15-18(2)12-13-19(23)3/h8-13,15,20H,6-7,14,16-17H2,1-5H3,(H,27,31)/t20-/m1/s1. The maximum atomic E-state index is 14.4. The first-order valence-corrected chi connectivity index (χ1v) is 13.2. The lowest BCUT2D eigenvalue weighted by Crippen LogP contribution is -2.51. The molecule has 7 nitrogen and oxygen atoms in total. The molecule has 9 heteroatoms. The minimum absolute atomic E-state index is 0.168. The summed E-state index contributed by atoms with van der Waals surface area (Å²) in [6.45, 7) is 6.93. The Balaban J connectivity index is 2.41. The molecule has 186 valence electrons.